The van der Waals surface area contributed by atoms with Gasteiger partial charge in [-0.25, -0.2) is 4.79 Å². The Morgan fingerprint density at radius 2 is 1.83 bits per heavy atom. The molecule has 0 unspecified atom stereocenters. The molecule has 0 saturated carbocycles. The van der Waals surface area contributed by atoms with Gasteiger partial charge in [-0.3, -0.25) is 4.79 Å². The van der Waals surface area contributed by atoms with Crippen LogP contribution in [0.25, 0.3) is 10.9 Å². The zero-order chi connectivity index (χ0) is 17.1. The van der Waals surface area contributed by atoms with Crippen molar-refractivity contribution in [2.45, 2.75) is 6.54 Å². The van der Waals surface area contributed by atoms with Gasteiger partial charge in [0, 0.05) is 28.2 Å². The van der Waals surface area contributed by atoms with Crippen molar-refractivity contribution >= 4 is 40.1 Å². The zero-order valence-electron chi connectivity index (χ0n) is 12.6. The van der Waals surface area contributed by atoms with Crippen LogP contribution >= 0.6 is 11.6 Å². The van der Waals surface area contributed by atoms with Gasteiger partial charge in [0.1, 0.15) is 5.69 Å². The van der Waals surface area contributed by atoms with E-state index in [1.807, 2.05) is 6.07 Å². The van der Waals surface area contributed by atoms with Crippen molar-refractivity contribution < 1.29 is 9.59 Å². The average Bonchev–Trinajstić information content (AvgIpc) is 2.96. The van der Waals surface area contributed by atoms with E-state index in [1.165, 1.54) is 0 Å². The van der Waals surface area contributed by atoms with Gasteiger partial charge >= 0.3 is 6.03 Å². The van der Waals surface area contributed by atoms with Gasteiger partial charge in [-0.15, -0.1) is 0 Å². The van der Waals surface area contributed by atoms with Crippen molar-refractivity contribution in [3.05, 3.63) is 64.8 Å². The number of nitrogens with one attached hydrogen (secondary N) is 3. The highest BCUT2D eigenvalue weighted by Gasteiger charge is 2.09. The molecule has 3 aromatic rings. The van der Waals surface area contributed by atoms with Crippen molar-refractivity contribution in [3.8, 4) is 0 Å². The van der Waals surface area contributed by atoms with Gasteiger partial charge < -0.3 is 21.4 Å². The Morgan fingerprint density at radius 3 is 2.54 bits per heavy atom. The number of halogens is 1. The van der Waals surface area contributed by atoms with Gasteiger partial charge in [0.05, 0.1) is 0 Å². The van der Waals surface area contributed by atoms with Gasteiger partial charge in [0.15, 0.2) is 0 Å². The normalized spacial score (nSPS) is 10.5. The van der Waals surface area contributed by atoms with E-state index in [-0.39, 0.29) is 5.91 Å². The number of carbonyl (C=O) groups is 2. The summed E-state index contributed by atoms with van der Waals surface area (Å²) >= 11 is 5.94. The lowest BCUT2D eigenvalue weighted by Crippen LogP contribution is -2.23. The summed E-state index contributed by atoms with van der Waals surface area (Å²) in [5.74, 6) is -0.207. The van der Waals surface area contributed by atoms with Gasteiger partial charge in [0.2, 0.25) is 0 Å². The van der Waals surface area contributed by atoms with Crippen LogP contribution in [0.15, 0.2) is 48.5 Å². The number of aromatic nitrogens is 1. The molecule has 3 amide bonds. The Bertz CT molecular complexity index is 903. The van der Waals surface area contributed by atoms with Crippen LogP contribution in [0.1, 0.15) is 16.1 Å². The minimum Gasteiger partial charge on any atom is -0.351 e. The molecule has 3 rings (SSSR count). The highest BCUT2D eigenvalue weighted by Crippen LogP contribution is 2.20. The van der Waals surface area contributed by atoms with E-state index >= 15 is 0 Å². The number of hydrogen-bond acceptors (Lipinski definition) is 2. The SMILES string of the molecule is NC(=O)Nc1ccc(CNC(=O)c2cc3cc(Cl)ccc3[nH]2)cc1. The number of carbonyl (C=O) groups excluding carboxylic acids is 2. The molecule has 122 valence electrons. The number of aromatic amines is 1. The highest BCUT2D eigenvalue weighted by molar-refractivity contribution is 6.31. The first kappa shape index (κ1) is 15.9. The summed E-state index contributed by atoms with van der Waals surface area (Å²) in [5, 5.41) is 6.82. The second-order valence-electron chi connectivity index (χ2n) is 5.28. The van der Waals surface area contributed by atoms with Crippen LogP contribution in [0.3, 0.4) is 0 Å². The van der Waals surface area contributed by atoms with Gasteiger partial charge in [0.25, 0.3) is 5.91 Å². The Balaban J connectivity index is 1.64. The maximum atomic E-state index is 12.2. The topological polar surface area (TPSA) is 100 Å². The third-order valence-electron chi connectivity index (χ3n) is 3.50. The third-order valence-corrected chi connectivity index (χ3v) is 3.74. The third kappa shape index (κ3) is 3.67. The lowest BCUT2D eigenvalue weighted by atomic mass is 10.2. The first-order valence-electron chi connectivity index (χ1n) is 7.23. The summed E-state index contributed by atoms with van der Waals surface area (Å²) in [6.45, 7) is 0.367. The Kier molecular flexibility index (Phi) is 4.39. The molecule has 0 bridgehead atoms. The zero-order valence-corrected chi connectivity index (χ0v) is 13.4. The number of rotatable bonds is 4. The summed E-state index contributed by atoms with van der Waals surface area (Å²) in [7, 11) is 0. The van der Waals surface area contributed by atoms with Crippen LogP contribution in [-0.2, 0) is 6.54 Å². The van der Waals surface area contributed by atoms with Crippen LogP contribution in [0.5, 0.6) is 0 Å². The smallest absolute Gasteiger partial charge is 0.316 e. The molecule has 0 atom stereocenters. The van der Waals surface area contributed by atoms with Crippen molar-refractivity contribution in [2.24, 2.45) is 5.73 Å². The fourth-order valence-electron chi connectivity index (χ4n) is 2.35. The minimum atomic E-state index is -0.616. The molecular weight excluding hydrogens is 328 g/mol. The molecule has 0 saturated heterocycles. The van der Waals surface area contributed by atoms with Crippen LogP contribution in [0.4, 0.5) is 10.5 Å². The van der Waals surface area contributed by atoms with Crippen molar-refractivity contribution in [3.63, 3.8) is 0 Å². The lowest BCUT2D eigenvalue weighted by Gasteiger charge is -2.06. The van der Waals surface area contributed by atoms with Gasteiger partial charge in [-0.1, -0.05) is 23.7 Å². The molecule has 0 fully saturated rings. The van der Waals surface area contributed by atoms with E-state index in [1.54, 1.807) is 42.5 Å². The first-order chi connectivity index (χ1) is 11.5. The van der Waals surface area contributed by atoms with Crippen LogP contribution < -0.4 is 16.4 Å². The fourth-order valence-corrected chi connectivity index (χ4v) is 2.53. The van der Waals surface area contributed by atoms with E-state index in [4.69, 9.17) is 17.3 Å². The molecule has 24 heavy (non-hydrogen) atoms. The first-order valence-corrected chi connectivity index (χ1v) is 7.61. The summed E-state index contributed by atoms with van der Waals surface area (Å²) in [4.78, 5) is 26.1. The highest BCUT2D eigenvalue weighted by atomic mass is 35.5. The number of primary amides is 1. The molecule has 1 heterocycles. The number of benzene rings is 2. The number of hydrogen-bond donors (Lipinski definition) is 4. The standard InChI is InChI=1S/C17H15ClN4O2/c18-12-3-6-14-11(7-12)8-15(22-14)16(23)20-9-10-1-4-13(5-2-10)21-17(19)24/h1-8,22H,9H2,(H,20,23)(H3,19,21,24). The Hall–Kier alpha value is -2.99. The van der Waals surface area contributed by atoms with E-state index in [9.17, 15) is 9.59 Å². The summed E-state index contributed by atoms with van der Waals surface area (Å²) < 4.78 is 0. The Morgan fingerprint density at radius 1 is 1.08 bits per heavy atom. The number of fused-ring (bicyclic) bond motifs is 1. The predicted octanol–water partition coefficient (Wildman–Crippen LogP) is 3.24. The number of H-pyrrole nitrogens is 1. The minimum absolute atomic E-state index is 0.207. The second-order valence-corrected chi connectivity index (χ2v) is 5.72. The van der Waals surface area contributed by atoms with E-state index < -0.39 is 6.03 Å². The second kappa shape index (κ2) is 6.64. The monoisotopic (exact) mass is 342 g/mol. The number of nitrogens with two attached hydrogens (primary N) is 1. The van der Waals surface area contributed by atoms with E-state index in [0.29, 0.717) is 22.9 Å². The van der Waals surface area contributed by atoms with Crippen molar-refractivity contribution in [1.29, 1.82) is 0 Å². The largest absolute Gasteiger partial charge is 0.351 e. The van der Waals surface area contributed by atoms with Crippen LogP contribution in [-0.4, -0.2) is 16.9 Å². The number of anilines is 1. The molecule has 0 aliphatic heterocycles. The van der Waals surface area contributed by atoms with Gasteiger partial charge in [-0.2, -0.15) is 0 Å². The Labute approximate surface area is 143 Å². The molecule has 0 aliphatic carbocycles. The van der Waals surface area contributed by atoms with Crippen molar-refractivity contribution in [1.82, 2.24) is 10.3 Å². The number of amides is 3. The summed E-state index contributed by atoms with van der Waals surface area (Å²) in [6, 6.07) is 13.6. The molecule has 5 N–H and O–H groups in total. The molecule has 6 nitrogen and oxygen atoms in total. The van der Waals surface area contributed by atoms with Crippen molar-refractivity contribution in [2.75, 3.05) is 5.32 Å². The lowest BCUT2D eigenvalue weighted by molar-refractivity contribution is 0.0946. The molecule has 7 heteroatoms. The molecule has 0 aliphatic rings. The average molecular weight is 343 g/mol. The fraction of sp³-hybridized carbons (Fsp3) is 0.0588. The van der Waals surface area contributed by atoms with Gasteiger partial charge in [-0.05, 0) is 42.0 Å². The maximum Gasteiger partial charge on any atom is 0.316 e. The van der Waals surface area contributed by atoms with E-state index in [2.05, 4.69) is 15.6 Å². The quantitative estimate of drug-likeness (QED) is 0.585. The molecule has 1 aromatic heterocycles. The molecule has 0 radical (unpaired) electrons. The van der Waals surface area contributed by atoms with Crippen LogP contribution in [0, 0.1) is 0 Å². The molecule has 2 aromatic carbocycles. The maximum absolute atomic E-state index is 12.2. The summed E-state index contributed by atoms with van der Waals surface area (Å²) in [6.07, 6.45) is 0. The predicted molar refractivity (Wildman–Crippen MR) is 94.1 cm³/mol. The summed E-state index contributed by atoms with van der Waals surface area (Å²) in [5.41, 5.74) is 7.87. The van der Waals surface area contributed by atoms with E-state index in [0.717, 1.165) is 16.5 Å². The molecular formula is C17H15ClN4O2. The van der Waals surface area contributed by atoms with Crippen LogP contribution in [0.2, 0.25) is 5.02 Å². The molecule has 0 spiro atoms. The number of urea groups is 1.